The lowest BCUT2D eigenvalue weighted by Gasteiger charge is -2.11. The highest BCUT2D eigenvalue weighted by Crippen LogP contribution is 2.28. The van der Waals surface area contributed by atoms with E-state index in [1.165, 1.54) is 17.3 Å². The van der Waals surface area contributed by atoms with Crippen LogP contribution < -0.4 is 5.32 Å². The molecule has 0 fully saturated rings. The molecule has 1 aromatic carbocycles. The summed E-state index contributed by atoms with van der Waals surface area (Å²) in [4.78, 5) is 20.5. The van der Waals surface area contributed by atoms with Gasteiger partial charge >= 0.3 is 0 Å². The van der Waals surface area contributed by atoms with Crippen LogP contribution in [0.2, 0.25) is 5.15 Å². The standard InChI is InChI=1S/C22H19ClN6OS/c1-2-15-5-7-17(8-6-15)29-21(16-9-12-24-13-10-16)27-28-22(29)31-14-19(30)26-18-4-3-11-25-20(18)23/h3-13H,2,14H2,1H3,(H,26,30). The van der Waals surface area contributed by atoms with Crippen molar-refractivity contribution in [1.29, 1.82) is 0 Å². The van der Waals surface area contributed by atoms with Gasteiger partial charge in [0.25, 0.3) is 0 Å². The third-order valence-electron chi connectivity index (χ3n) is 4.54. The first kappa shape index (κ1) is 21.0. The predicted molar refractivity (Wildman–Crippen MR) is 123 cm³/mol. The maximum atomic E-state index is 12.5. The molecule has 9 heteroatoms. The van der Waals surface area contributed by atoms with Crippen LogP contribution in [-0.4, -0.2) is 36.4 Å². The minimum atomic E-state index is -0.207. The molecule has 4 rings (SSSR count). The number of pyridine rings is 2. The number of thioether (sulfide) groups is 1. The second kappa shape index (κ2) is 9.72. The average molecular weight is 451 g/mol. The van der Waals surface area contributed by atoms with E-state index in [1.807, 2.05) is 28.8 Å². The van der Waals surface area contributed by atoms with Crippen molar-refractivity contribution in [2.75, 3.05) is 11.1 Å². The summed E-state index contributed by atoms with van der Waals surface area (Å²) in [6, 6.07) is 15.4. The van der Waals surface area contributed by atoms with E-state index in [0.29, 0.717) is 16.7 Å². The Bertz CT molecular complexity index is 1180. The monoisotopic (exact) mass is 450 g/mol. The van der Waals surface area contributed by atoms with E-state index < -0.39 is 0 Å². The van der Waals surface area contributed by atoms with Crippen LogP contribution in [0.25, 0.3) is 17.1 Å². The van der Waals surface area contributed by atoms with Crippen molar-refractivity contribution in [3.8, 4) is 17.1 Å². The normalized spacial score (nSPS) is 10.8. The molecule has 0 atom stereocenters. The number of nitrogens with zero attached hydrogens (tertiary/aromatic N) is 5. The summed E-state index contributed by atoms with van der Waals surface area (Å²) in [6.45, 7) is 2.12. The Balaban J connectivity index is 1.60. The number of carbonyl (C=O) groups excluding carboxylic acids is 1. The Morgan fingerprint density at radius 1 is 1.06 bits per heavy atom. The molecule has 31 heavy (non-hydrogen) atoms. The fourth-order valence-electron chi connectivity index (χ4n) is 2.96. The summed E-state index contributed by atoms with van der Waals surface area (Å²) in [6.07, 6.45) is 5.96. The fourth-order valence-corrected chi connectivity index (χ4v) is 3.88. The molecule has 0 aliphatic rings. The van der Waals surface area contributed by atoms with Crippen molar-refractivity contribution in [3.63, 3.8) is 0 Å². The number of anilines is 1. The first-order chi connectivity index (χ1) is 15.2. The second-order valence-electron chi connectivity index (χ2n) is 6.58. The zero-order valence-electron chi connectivity index (χ0n) is 16.7. The topological polar surface area (TPSA) is 85.6 Å². The fraction of sp³-hybridized carbons (Fsp3) is 0.136. The van der Waals surface area contributed by atoms with Gasteiger partial charge in [0.1, 0.15) is 0 Å². The summed E-state index contributed by atoms with van der Waals surface area (Å²) < 4.78 is 1.95. The number of aryl methyl sites for hydroxylation is 1. The minimum Gasteiger partial charge on any atom is -0.323 e. The number of rotatable bonds is 7. The smallest absolute Gasteiger partial charge is 0.234 e. The van der Waals surface area contributed by atoms with Gasteiger partial charge < -0.3 is 5.32 Å². The first-order valence-corrected chi connectivity index (χ1v) is 11.0. The average Bonchev–Trinajstić information content (AvgIpc) is 3.24. The molecule has 1 amide bonds. The minimum absolute atomic E-state index is 0.146. The van der Waals surface area contributed by atoms with E-state index in [9.17, 15) is 4.79 Å². The molecule has 3 aromatic heterocycles. The summed E-state index contributed by atoms with van der Waals surface area (Å²) in [7, 11) is 0. The maximum absolute atomic E-state index is 12.5. The van der Waals surface area contributed by atoms with E-state index in [-0.39, 0.29) is 16.8 Å². The Morgan fingerprint density at radius 3 is 2.55 bits per heavy atom. The highest BCUT2D eigenvalue weighted by molar-refractivity contribution is 7.99. The third-order valence-corrected chi connectivity index (χ3v) is 5.77. The number of carbonyl (C=O) groups is 1. The van der Waals surface area contributed by atoms with Crippen molar-refractivity contribution in [1.82, 2.24) is 24.7 Å². The molecule has 0 unspecified atom stereocenters. The van der Waals surface area contributed by atoms with E-state index in [0.717, 1.165) is 17.7 Å². The van der Waals surface area contributed by atoms with E-state index in [4.69, 9.17) is 11.6 Å². The van der Waals surface area contributed by atoms with Gasteiger partial charge in [-0.2, -0.15) is 0 Å². The molecule has 0 aliphatic heterocycles. The molecule has 156 valence electrons. The molecule has 0 saturated carbocycles. The van der Waals surface area contributed by atoms with E-state index in [1.54, 1.807) is 30.7 Å². The van der Waals surface area contributed by atoms with Gasteiger partial charge in [0.15, 0.2) is 16.1 Å². The Hall–Kier alpha value is -3.23. The molecular weight excluding hydrogens is 432 g/mol. The lowest BCUT2D eigenvalue weighted by molar-refractivity contribution is -0.113. The maximum Gasteiger partial charge on any atom is 0.234 e. The number of hydrogen-bond donors (Lipinski definition) is 1. The van der Waals surface area contributed by atoms with Gasteiger partial charge in [-0.3, -0.25) is 14.3 Å². The number of halogens is 1. The van der Waals surface area contributed by atoms with Crippen LogP contribution >= 0.6 is 23.4 Å². The summed E-state index contributed by atoms with van der Waals surface area (Å²) in [5.41, 5.74) is 3.53. The Morgan fingerprint density at radius 2 is 1.84 bits per heavy atom. The van der Waals surface area contributed by atoms with Crippen LogP contribution in [0.4, 0.5) is 5.69 Å². The first-order valence-electron chi connectivity index (χ1n) is 9.64. The quantitative estimate of drug-likeness (QED) is 0.325. The number of benzene rings is 1. The van der Waals surface area contributed by atoms with Crippen LogP contribution in [0.15, 0.2) is 72.3 Å². The predicted octanol–water partition coefficient (Wildman–Crippen LogP) is 4.67. The molecule has 4 aromatic rings. The van der Waals surface area contributed by atoms with Gasteiger partial charge in [-0.25, -0.2) is 4.98 Å². The van der Waals surface area contributed by atoms with Crippen LogP contribution in [0.3, 0.4) is 0 Å². The van der Waals surface area contributed by atoms with Gasteiger partial charge in [-0.15, -0.1) is 10.2 Å². The SMILES string of the molecule is CCc1ccc(-n2c(SCC(=O)Nc3cccnc3Cl)nnc2-c2ccncc2)cc1. The summed E-state index contributed by atoms with van der Waals surface area (Å²) in [5, 5.41) is 12.4. The van der Waals surface area contributed by atoms with Crippen LogP contribution in [0.1, 0.15) is 12.5 Å². The Kier molecular flexibility index (Phi) is 6.59. The number of nitrogens with one attached hydrogen (secondary N) is 1. The van der Waals surface area contributed by atoms with E-state index >= 15 is 0 Å². The van der Waals surface area contributed by atoms with Crippen molar-refractivity contribution in [2.45, 2.75) is 18.5 Å². The Labute approximate surface area is 188 Å². The molecule has 0 spiro atoms. The van der Waals surface area contributed by atoms with Gasteiger partial charge in [0, 0.05) is 29.8 Å². The lowest BCUT2D eigenvalue weighted by Crippen LogP contribution is -2.15. The van der Waals surface area contributed by atoms with Crippen LogP contribution in [0.5, 0.6) is 0 Å². The molecule has 0 radical (unpaired) electrons. The van der Waals surface area contributed by atoms with Gasteiger partial charge in [-0.05, 0) is 48.4 Å². The highest BCUT2D eigenvalue weighted by atomic mass is 35.5. The molecule has 0 bridgehead atoms. The molecular formula is C22H19ClN6OS. The lowest BCUT2D eigenvalue weighted by atomic mass is 10.1. The van der Waals surface area contributed by atoms with Crippen molar-refractivity contribution in [2.24, 2.45) is 0 Å². The third kappa shape index (κ3) is 4.92. The largest absolute Gasteiger partial charge is 0.323 e. The molecule has 1 N–H and O–H groups in total. The number of hydrogen-bond acceptors (Lipinski definition) is 6. The summed E-state index contributed by atoms with van der Waals surface area (Å²) >= 11 is 7.32. The molecule has 7 nitrogen and oxygen atoms in total. The second-order valence-corrected chi connectivity index (χ2v) is 7.88. The van der Waals surface area contributed by atoms with Gasteiger partial charge in [0.05, 0.1) is 11.4 Å². The molecule has 0 aliphatic carbocycles. The molecule has 3 heterocycles. The highest BCUT2D eigenvalue weighted by Gasteiger charge is 2.17. The zero-order valence-corrected chi connectivity index (χ0v) is 18.3. The van der Waals surface area contributed by atoms with E-state index in [2.05, 4.69) is 44.5 Å². The summed E-state index contributed by atoms with van der Waals surface area (Å²) in [5.74, 6) is 0.623. The van der Waals surface area contributed by atoms with Gasteiger partial charge in [-0.1, -0.05) is 42.4 Å². The van der Waals surface area contributed by atoms with Crippen molar-refractivity contribution >= 4 is 35.0 Å². The molecule has 0 saturated heterocycles. The van der Waals surface area contributed by atoms with Gasteiger partial charge in [0.2, 0.25) is 5.91 Å². The van der Waals surface area contributed by atoms with Crippen molar-refractivity contribution in [3.05, 3.63) is 77.8 Å². The van der Waals surface area contributed by atoms with Crippen molar-refractivity contribution < 1.29 is 4.79 Å². The number of aromatic nitrogens is 5. The van der Waals surface area contributed by atoms with Crippen LogP contribution in [0, 0.1) is 0 Å². The van der Waals surface area contributed by atoms with Crippen LogP contribution in [-0.2, 0) is 11.2 Å². The number of amides is 1. The zero-order chi connectivity index (χ0) is 21.6.